The van der Waals surface area contributed by atoms with Gasteiger partial charge in [-0.15, -0.1) is 0 Å². The third-order valence-corrected chi connectivity index (χ3v) is 2.92. The fourth-order valence-corrected chi connectivity index (χ4v) is 2.09. The van der Waals surface area contributed by atoms with Crippen molar-refractivity contribution in [1.29, 1.82) is 0 Å². The fraction of sp³-hybridized carbons (Fsp3) is 0.400. The monoisotopic (exact) mass is 261 g/mol. The van der Waals surface area contributed by atoms with E-state index in [0.717, 1.165) is 16.9 Å². The lowest BCUT2D eigenvalue weighted by molar-refractivity contribution is 0.549. The van der Waals surface area contributed by atoms with E-state index in [9.17, 15) is 4.39 Å². The van der Waals surface area contributed by atoms with Crippen LogP contribution in [0.25, 0.3) is 0 Å². The molecule has 1 heterocycles. The van der Waals surface area contributed by atoms with E-state index >= 15 is 0 Å². The van der Waals surface area contributed by atoms with E-state index in [1.165, 1.54) is 12.1 Å². The molecule has 0 aliphatic carbocycles. The van der Waals surface area contributed by atoms with Crippen LogP contribution in [0.1, 0.15) is 32.0 Å². The highest BCUT2D eigenvalue weighted by Crippen LogP contribution is 2.24. The molecule has 0 bridgehead atoms. The average molecular weight is 261 g/mol. The zero-order chi connectivity index (χ0) is 14.0. The molecule has 102 valence electrons. The first-order valence-electron chi connectivity index (χ1n) is 6.39. The summed E-state index contributed by atoms with van der Waals surface area (Å²) in [5.41, 5.74) is 2.99. The van der Waals surface area contributed by atoms with Crippen molar-refractivity contribution in [2.75, 3.05) is 5.32 Å². The summed E-state index contributed by atoms with van der Waals surface area (Å²) in [5.74, 6) is -0.229. The number of anilines is 1. The van der Waals surface area contributed by atoms with Crippen LogP contribution in [0.5, 0.6) is 0 Å². The van der Waals surface area contributed by atoms with Crippen LogP contribution in [-0.4, -0.2) is 9.78 Å². The molecular formula is C15H20FN3. The molecular weight excluding hydrogens is 241 g/mol. The minimum atomic E-state index is -0.229. The molecule has 0 spiro atoms. The smallest absolute Gasteiger partial charge is 0.125 e. The zero-order valence-electron chi connectivity index (χ0n) is 11.9. The van der Waals surface area contributed by atoms with Crippen molar-refractivity contribution in [3.8, 4) is 0 Å². The third-order valence-electron chi connectivity index (χ3n) is 2.92. The first-order chi connectivity index (χ1) is 8.86. The summed E-state index contributed by atoms with van der Waals surface area (Å²) in [4.78, 5) is 0. The van der Waals surface area contributed by atoms with Crippen molar-refractivity contribution in [1.82, 2.24) is 9.78 Å². The van der Waals surface area contributed by atoms with Gasteiger partial charge in [-0.1, -0.05) is 26.8 Å². The van der Waals surface area contributed by atoms with Crippen LogP contribution in [0, 0.1) is 5.82 Å². The van der Waals surface area contributed by atoms with Gasteiger partial charge in [-0.25, -0.2) is 4.39 Å². The summed E-state index contributed by atoms with van der Waals surface area (Å²) in [6.45, 7) is 7.06. The maximum atomic E-state index is 13.1. The standard InChI is InChI=1S/C15H20FN3/c1-15(2,3)14-11(10-19(4)18-14)9-17-13-7-5-6-12(16)8-13/h5-8,10,17H,9H2,1-4H3. The van der Waals surface area contributed by atoms with Crippen LogP contribution in [0.15, 0.2) is 30.5 Å². The molecule has 2 rings (SSSR count). The SMILES string of the molecule is Cn1cc(CNc2cccc(F)c2)c(C(C)(C)C)n1. The summed E-state index contributed by atoms with van der Waals surface area (Å²) < 4.78 is 14.9. The summed E-state index contributed by atoms with van der Waals surface area (Å²) in [6.07, 6.45) is 2.01. The second-order valence-corrected chi connectivity index (χ2v) is 5.79. The highest BCUT2D eigenvalue weighted by atomic mass is 19.1. The van der Waals surface area contributed by atoms with E-state index in [4.69, 9.17) is 0 Å². The van der Waals surface area contributed by atoms with E-state index in [-0.39, 0.29) is 11.2 Å². The Morgan fingerprint density at radius 2 is 2.05 bits per heavy atom. The number of hydrogen-bond acceptors (Lipinski definition) is 2. The molecule has 0 unspecified atom stereocenters. The summed E-state index contributed by atoms with van der Waals surface area (Å²) in [7, 11) is 1.92. The first-order valence-corrected chi connectivity index (χ1v) is 6.39. The predicted molar refractivity (Wildman–Crippen MR) is 75.6 cm³/mol. The Balaban J connectivity index is 2.16. The van der Waals surface area contributed by atoms with Gasteiger partial charge in [0.25, 0.3) is 0 Å². The van der Waals surface area contributed by atoms with Gasteiger partial charge in [0.1, 0.15) is 5.82 Å². The molecule has 2 aromatic rings. The van der Waals surface area contributed by atoms with E-state index < -0.39 is 0 Å². The largest absolute Gasteiger partial charge is 0.381 e. The number of rotatable bonds is 3. The topological polar surface area (TPSA) is 29.9 Å². The predicted octanol–water partition coefficient (Wildman–Crippen LogP) is 3.47. The zero-order valence-corrected chi connectivity index (χ0v) is 11.9. The third kappa shape index (κ3) is 3.34. The Bertz CT molecular complexity index is 567. The van der Waals surface area contributed by atoms with Gasteiger partial charge in [-0.2, -0.15) is 5.10 Å². The number of halogens is 1. The van der Waals surface area contributed by atoms with Crippen LogP contribution in [0.4, 0.5) is 10.1 Å². The second-order valence-electron chi connectivity index (χ2n) is 5.79. The molecule has 1 aromatic heterocycles. The van der Waals surface area contributed by atoms with Crippen LogP contribution < -0.4 is 5.32 Å². The van der Waals surface area contributed by atoms with Crippen molar-refractivity contribution >= 4 is 5.69 Å². The fourth-order valence-electron chi connectivity index (χ4n) is 2.09. The maximum Gasteiger partial charge on any atom is 0.125 e. The molecule has 0 saturated carbocycles. The van der Waals surface area contributed by atoms with Gasteiger partial charge in [0.2, 0.25) is 0 Å². The number of benzene rings is 1. The molecule has 19 heavy (non-hydrogen) atoms. The van der Waals surface area contributed by atoms with Crippen LogP contribution in [-0.2, 0) is 19.0 Å². The van der Waals surface area contributed by atoms with Gasteiger partial charge in [-0.3, -0.25) is 4.68 Å². The lowest BCUT2D eigenvalue weighted by Crippen LogP contribution is -2.16. The molecule has 0 aliphatic heterocycles. The number of nitrogens with one attached hydrogen (secondary N) is 1. The minimum absolute atomic E-state index is 0.000210. The highest BCUT2D eigenvalue weighted by Gasteiger charge is 2.21. The van der Waals surface area contributed by atoms with E-state index in [2.05, 4.69) is 31.2 Å². The first kappa shape index (κ1) is 13.6. The summed E-state index contributed by atoms with van der Waals surface area (Å²) in [6, 6.07) is 6.49. The molecule has 1 N–H and O–H groups in total. The van der Waals surface area contributed by atoms with Crippen LogP contribution in [0.3, 0.4) is 0 Å². The van der Waals surface area contributed by atoms with Gasteiger partial charge >= 0.3 is 0 Å². The van der Waals surface area contributed by atoms with E-state index in [1.54, 1.807) is 6.07 Å². The molecule has 0 aliphatic rings. The lowest BCUT2D eigenvalue weighted by Gasteiger charge is -2.17. The van der Waals surface area contributed by atoms with Crippen molar-refractivity contribution in [2.24, 2.45) is 7.05 Å². The molecule has 0 amide bonds. The number of aryl methyl sites for hydroxylation is 1. The van der Waals surface area contributed by atoms with E-state index in [1.807, 2.05) is 24.0 Å². The second kappa shape index (κ2) is 5.03. The Morgan fingerprint density at radius 3 is 2.68 bits per heavy atom. The normalized spacial score (nSPS) is 11.6. The molecule has 0 radical (unpaired) electrons. The van der Waals surface area contributed by atoms with Gasteiger partial charge in [0.15, 0.2) is 0 Å². The average Bonchev–Trinajstić information content (AvgIpc) is 2.68. The Kier molecular flexibility index (Phi) is 3.60. The number of hydrogen-bond donors (Lipinski definition) is 1. The van der Waals surface area contributed by atoms with Gasteiger partial charge in [0.05, 0.1) is 5.69 Å². The van der Waals surface area contributed by atoms with Crippen LogP contribution in [0.2, 0.25) is 0 Å². The van der Waals surface area contributed by atoms with Crippen molar-refractivity contribution < 1.29 is 4.39 Å². The van der Waals surface area contributed by atoms with Gasteiger partial charge in [-0.05, 0) is 18.2 Å². The molecule has 0 atom stereocenters. The number of aromatic nitrogens is 2. The Hall–Kier alpha value is -1.84. The van der Waals surface area contributed by atoms with Crippen molar-refractivity contribution in [2.45, 2.75) is 32.7 Å². The van der Waals surface area contributed by atoms with Gasteiger partial charge < -0.3 is 5.32 Å². The van der Waals surface area contributed by atoms with Crippen molar-refractivity contribution in [3.63, 3.8) is 0 Å². The molecule has 1 aromatic carbocycles. The van der Waals surface area contributed by atoms with Crippen molar-refractivity contribution in [3.05, 3.63) is 47.5 Å². The quantitative estimate of drug-likeness (QED) is 0.917. The minimum Gasteiger partial charge on any atom is -0.381 e. The lowest BCUT2D eigenvalue weighted by atomic mass is 9.89. The highest BCUT2D eigenvalue weighted by molar-refractivity contribution is 5.44. The Morgan fingerprint density at radius 1 is 1.32 bits per heavy atom. The summed E-state index contributed by atoms with van der Waals surface area (Å²) in [5, 5.41) is 7.75. The van der Waals surface area contributed by atoms with Gasteiger partial charge in [0, 0.05) is 36.5 Å². The summed E-state index contributed by atoms with van der Waals surface area (Å²) >= 11 is 0. The molecule has 0 fully saturated rings. The molecule has 3 nitrogen and oxygen atoms in total. The van der Waals surface area contributed by atoms with Crippen LogP contribution >= 0.6 is 0 Å². The molecule has 4 heteroatoms. The van der Waals surface area contributed by atoms with E-state index in [0.29, 0.717) is 6.54 Å². The maximum absolute atomic E-state index is 13.1. The molecule has 0 saturated heterocycles. The number of nitrogens with zero attached hydrogens (tertiary/aromatic N) is 2. The Labute approximate surface area is 113 Å².